The van der Waals surface area contributed by atoms with Gasteiger partial charge in [0.25, 0.3) is 0 Å². The zero-order valence-electron chi connectivity index (χ0n) is 18.6. The second-order valence-electron chi connectivity index (χ2n) is 8.46. The van der Waals surface area contributed by atoms with Crippen LogP contribution in [0.2, 0.25) is 5.02 Å². The number of aromatic nitrogens is 3. The van der Waals surface area contributed by atoms with Crippen molar-refractivity contribution in [3.8, 4) is 0 Å². The van der Waals surface area contributed by atoms with Crippen molar-refractivity contribution in [1.29, 1.82) is 0 Å². The highest BCUT2D eigenvalue weighted by Crippen LogP contribution is 2.34. The van der Waals surface area contributed by atoms with Gasteiger partial charge < -0.3 is 15.1 Å². The number of anilines is 2. The molecule has 0 aliphatic carbocycles. The summed E-state index contributed by atoms with van der Waals surface area (Å²) in [4.78, 5) is 31.4. The highest BCUT2D eigenvalue weighted by Gasteiger charge is 2.33. The van der Waals surface area contributed by atoms with Crippen LogP contribution < -0.4 is 15.1 Å². The van der Waals surface area contributed by atoms with Gasteiger partial charge in [0.15, 0.2) is 0 Å². The highest BCUT2D eigenvalue weighted by molar-refractivity contribution is 6.33. The van der Waals surface area contributed by atoms with Crippen molar-refractivity contribution >= 4 is 29.3 Å². The second-order valence-corrected chi connectivity index (χ2v) is 8.86. The zero-order chi connectivity index (χ0) is 24.1. The van der Waals surface area contributed by atoms with Crippen LogP contribution in [0.1, 0.15) is 18.4 Å². The number of carbonyl (C=O) groups excluding carboxylic acids is 1. The molecule has 184 valence electrons. The molecule has 12 heteroatoms. The summed E-state index contributed by atoms with van der Waals surface area (Å²) >= 11 is 6.06. The molecule has 2 aromatic heterocycles. The van der Waals surface area contributed by atoms with E-state index in [2.05, 4.69) is 30.1 Å². The lowest BCUT2D eigenvalue weighted by Crippen LogP contribution is -2.49. The minimum atomic E-state index is -4.48. The van der Waals surface area contributed by atoms with Crippen molar-refractivity contribution in [3.05, 3.63) is 41.3 Å². The first-order valence-corrected chi connectivity index (χ1v) is 11.7. The van der Waals surface area contributed by atoms with E-state index in [-0.39, 0.29) is 16.8 Å². The molecule has 0 unspecified atom stereocenters. The van der Waals surface area contributed by atoms with Gasteiger partial charge in [0.1, 0.15) is 5.82 Å². The monoisotopic (exact) mass is 497 g/mol. The Labute approximate surface area is 201 Å². The molecule has 0 spiro atoms. The van der Waals surface area contributed by atoms with Gasteiger partial charge in [-0.3, -0.25) is 9.69 Å². The summed E-state index contributed by atoms with van der Waals surface area (Å²) < 4.78 is 38.5. The molecule has 0 bridgehead atoms. The van der Waals surface area contributed by atoms with Gasteiger partial charge in [-0.2, -0.15) is 13.2 Å². The van der Waals surface area contributed by atoms with Crippen LogP contribution in [0.15, 0.2) is 30.7 Å². The number of hydrogen-bond donors (Lipinski definition) is 1. The van der Waals surface area contributed by atoms with Gasteiger partial charge in [0.2, 0.25) is 11.9 Å². The molecule has 2 aliphatic rings. The number of alkyl halides is 3. The number of carbonyl (C=O) groups is 1. The number of rotatable bonds is 6. The number of piperazine rings is 1. The van der Waals surface area contributed by atoms with Crippen molar-refractivity contribution in [2.45, 2.75) is 19.0 Å². The van der Waals surface area contributed by atoms with Gasteiger partial charge in [0.05, 0.1) is 10.6 Å². The fraction of sp³-hybridized carbons (Fsp3) is 0.545. The third kappa shape index (κ3) is 6.06. The van der Waals surface area contributed by atoms with Crippen LogP contribution in [0.3, 0.4) is 0 Å². The molecule has 2 aliphatic heterocycles. The van der Waals surface area contributed by atoms with E-state index in [0.717, 1.165) is 50.9 Å². The topological polar surface area (TPSA) is 77.5 Å². The van der Waals surface area contributed by atoms with E-state index in [1.807, 2.05) is 4.90 Å². The minimum Gasteiger partial charge on any atom is -0.355 e. The lowest BCUT2D eigenvalue weighted by atomic mass is 9.96. The van der Waals surface area contributed by atoms with Crippen LogP contribution >= 0.6 is 11.6 Å². The second kappa shape index (κ2) is 10.7. The predicted octanol–water partition coefficient (Wildman–Crippen LogP) is 2.70. The largest absolute Gasteiger partial charge is 0.417 e. The average molecular weight is 498 g/mol. The lowest BCUT2D eigenvalue weighted by Gasteiger charge is -2.35. The van der Waals surface area contributed by atoms with E-state index in [0.29, 0.717) is 38.3 Å². The van der Waals surface area contributed by atoms with Gasteiger partial charge in [0, 0.05) is 76.9 Å². The Morgan fingerprint density at radius 1 is 1.03 bits per heavy atom. The maximum absolute atomic E-state index is 12.8. The number of hydrogen-bond acceptors (Lipinski definition) is 7. The fourth-order valence-corrected chi connectivity index (χ4v) is 4.57. The number of nitrogens with one attached hydrogen (secondary N) is 1. The molecule has 0 aromatic carbocycles. The van der Waals surface area contributed by atoms with Crippen molar-refractivity contribution in [2.24, 2.45) is 5.92 Å². The standard InChI is InChI=1S/C22H27ClF3N7O/c23-18-14-17(22(24,25)26)15-30-19(18)32-7-2-16(3-8-32)20(34)27-6-9-31-10-12-33(13-11-31)21-28-4-1-5-29-21/h1,4-5,14-16H,2-3,6-13H2,(H,27,34). The molecule has 8 nitrogen and oxygen atoms in total. The first-order valence-electron chi connectivity index (χ1n) is 11.3. The normalized spacial score (nSPS) is 18.2. The van der Waals surface area contributed by atoms with Crippen molar-refractivity contribution in [3.63, 3.8) is 0 Å². The summed E-state index contributed by atoms with van der Waals surface area (Å²) in [6.07, 6.45) is 0.991. The minimum absolute atomic E-state index is 0.0162. The SMILES string of the molecule is O=C(NCCN1CCN(c2ncccn2)CC1)C1CCN(c2ncc(C(F)(F)F)cc2Cl)CC1. The Morgan fingerprint density at radius 2 is 1.71 bits per heavy atom. The van der Waals surface area contributed by atoms with E-state index >= 15 is 0 Å². The number of piperidine rings is 1. The number of halogens is 4. The maximum Gasteiger partial charge on any atom is 0.417 e. The van der Waals surface area contributed by atoms with Crippen LogP contribution in [0.25, 0.3) is 0 Å². The third-order valence-electron chi connectivity index (χ3n) is 6.25. The Balaban J connectivity index is 1.17. The zero-order valence-corrected chi connectivity index (χ0v) is 19.4. The summed E-state index contributed by atoms with van der Waals surface area (Å²) in [5, 5.41) is 3.00. The quantitative estimate of drug-likeness (QED) is 0.657. The van der Waals surface area contributed by atoms with Crippen LogP contribution in [-0.2, 0) is 11.0 Å². The Morgan fingerprint density at radius 3 is 2.32 bits per heavy atom. The molecule has 2 aromatic rings. The predicted molar refractivity (Wildman–Crippen MR) is 123 cm³/mol. The molecule has 1 N–H and O–H groups in total. The van der Waals surface area contributed by atoms with Crippen LogP contribution in [0.5, 0.6) is 0 Å². The Kier molecular flexibility index (Phi) is 7.72. The van der Waals surface area contributed by atoms with E-state index < -0.39 is 11.7 Å². The van der Waals surface area contributed by atoms with Crippen LogP contribution in [0.4, 0.5) is 24.9 Å². The van der Waals surface area contributed by atoms with E-state index in [4.69, 9.17) is 11.6 Å². The third-order valence-corrected chi connectivity index (χ3v) is 6.53. The first kappa shape index (κ1) is 24.5. The number of pyridine rings is 1. The molecule has 2 fully saturated rings. The maximum atomic E-state index is 12.8. The summed E-state index contributed by atoms with van der Waals surface area (Å²) in [6, 6.07) is 2.70. The lowest BCUT2D eigenvalue weighted by molar-refractivity contribution is -0.137. The molecular weight excluding hydrogens is 471 g/mol. The summed E-state index contributed by atoms with van der Waals surface area (Å²) in [5.74, 6) is 0.960. The molecule has 1 amide bonds. The fourth-order valence-electron chi connectivity index (χ4n) is 4.28. The average Bonchev–Trinajstić information content (AvgIpc) is 2.84. The molecule has 0 saturated carbocycles. The van der Waals surface area contributed by atoms with Gasteiger partial charge in [-0.25, -0.2) is 15.0 Å². The summed E-state index contributed by atoms with van der Waals surface area (Å²) in [6.45, 7) is 5.83. The van der Waals surface area contributed by atoms with Crippen molar-refractivity contribution < 1.29 is 18.0 Å². The summed E-state index contributed by atoms with van der Waals surface area (Å²) in [7, 11) is 0. The highest BCUT2D eigenvalue weighted by atomic mass is 35.5. The van der Waals surface area contributed by atoms with E-state index in [1.54, 1.807) is 18.5 Å². The number of amides is 1. The number of nitrogens with zero attached hydrogens (tertiary/aromatic N) is 6. The Bertz CT molecular complexity index is 963. The van der Waals surface area contributed by atoms with Crippen molar-refractivity contribution in [1.82, 2.24) is 25.2 Å². The Hall–Kier alpha value is -2.66. The molecule has 34 heavy (non-hydrogen) atoms. The molecular formula is C22H27ClF3N7O. The molecule has 4 rings (SSSR count). The van der Waals surface area contributed by atoms with Crippen molar-refractivity contribution in [2.75, 3.05) is 62.2 Å². The van der Waals surface area contributed by atoms with Gasteiger partial charge >= 0.3 is 6.18 Å². The molecule has 2 saturated heterocycles. The first-order chi connectivity index (χ1) is 16.3. The summed E-state index contributed by atoms with van der Waals surface area (Å²) in [5.41, 5.74) is -0.870. The van der Waals surface area contributed by atoms with Gasteiger partial charge in [-0.15, -0.1) is 0 Å². The van der Waals surface area contributed by atoms with Gasteiger partial charge in [-0.05, 0) is 25.0 Å². The van der Waals surface area contributed by atoms with E-state index in [9.17, 15) is 18.0 Å². The molecule has 4 heterocycles. The van der Waals surface area contributed by atoms with E-state index in [1.165, 1.54) is 0 Å². The van der Waals surface area contributed by atoms with Crippen LogP contribution in [-0.4, -0.2) is 78.1 Å². The molecule has 0 atom stereocenters. The van der Waals surface area contributed by atoms with Crippen LogP contribution in [0, 0.1) is 5.92 Å². The smallest absolute Gasteiger partial charge is 0.355 e. The molecule has 0 radical (unpaired) electrons. The van der Waals surface area contributed by atoms with Gasteiger partial charge in [-0.1, -0.05) is 11.6 Å².